The van der Waals surface area contributed by atoms with E-state index in [-0.39, 0.29) is 5.70 Å². The van der Waals surface area contributed by atoms with Crippen molar-refractivity contribution in [3.8, 4) is 0 Å². The third-order valence-corrected chi connectivity index (χ3v) is 4.26. The van der Waals surface area contributed by atoms with Crippen molar-refractivity contribution in [1.82, 2.24) is 9.78 Å². The van der Waals surface area contributed by atoms with E-state index in [0.717, 1.165) is 27.0 Å². The van der Waals surface area contributed by atoms with Crippen LogP contribution < -0.4 is 0 Å². The smallest absolute Gasteiger partial charge is 0.363 e. The Morgan fingerprint density at radius 2 is 2.00 bits per heavy atom. The van der Waals surface area contributed by atoms with Crippen molar-refractivity contribution in [2.24, 2.45) is 12.0 Å². The number of cyclic esters (lactones) is 1. The van der Waals surface area contributed by atoms with Gasteiger partial charge in [0.05, 0.1) is 11.3 Å². The molecule has 0 saturated heterocycles. The molecule has 22 heavy (non-hydrogen) atoms. The molecular weight excluding hydrogens is 346 g/mol. The summed E-state index contributed by atoms with van der Waals surface area (Å²) in [6.07, 6.45) is 1.73. The molecule has 0 bridgehead atoms. The van der Waals surface area contributed by atoms with Gasteiger partial charge in [0.2, 0.25) is 5.90 Å². The summed E-state index contributed by atoms with van der Waals surface area (Å²) in [5.74, 6) is -0.142. The lowest BCUT2D eigenvalue weighted by atomic mass is 10.1. The second-order valence-electron chi connectivity index (χ2n) is 5.02. The van der Waals surface area contributed by atoms with E-state index in [1.165, 1.54) is 0 Å². The van der Waals surface area contributed by atoms with Crippen molar-refractivity contribution < 1.29 is 9.53 Å². The summed E-state index contributed by atoms with van der Waals surface area (Å²) >= 11 is 3.43. The second-order valence-corrected chi connectivity index (χ2v) is 5.88. The quantitative estimate of drug-likeness (QED) is 0.611. The van der Waals surface area contributed by atoms with E-state index in [9.17, 15) is 4.79 Å². The largest absolute Gasteiger partial charge is 0.402 e. The van der Waals surface area contributed by atoms with Crippen LogP contribution in [-0.2, 0) is 16.6 Å². The van der Waals surface area contributed by atoms with Crippen LogP contribution in [0.4, 0.5) is 0 Å². The summed E-state index contributed by atoms with van der Waals surface area (Å²) in [5, 5.41) is 4.33. The molecule has 0 saturated carbocycles. The molecule has 112 valence electrons. The summed E-state index contributed by atoms with van der Waals surface area (Å²) in [7, 11) is 1.87. The first kappa shape index (κ1) is 14.7. The van der Waals surface area contributed by atoms with Crippen LogP contribution in [0.2, 0.25) is 0 Å². The highest BCUT2D eigenvalue weighted by atomic mass is 79.9. The van der Waals surface area contributed by atoms with Gasteiger partial charge < -0.3 is 4.74 Å². The van der Waals surface area contributed by atoms with Gasteiger partial charge in [0, 0.05) is 22.8 Å². The van der Waals surface area contributed by atoms with Gasteiger partial charge in [-0.2, -0.15) is 5.10 Å². The fourth-order valence-corrected chi connectivity index (χ4v) is 2.75. The average Bonchev–Trinajstić information content (AvgIpc) is 2.95. The van der Waals surface area contributed by atoms with Gasteiger partial charge in [-0.25, -0.2) is 9.79 Å². The van der Waals surface area contributed by atoms with Gasteiger partial charge in [0.25, 0.3) is 0 Å². The Balaban J connectivity index is 2.04. The highest BCUT2D eigenvalue weighted by molar-refractivity contribution is 9.10. The number of carbonyl (C=O) groups is 1. The van der Waals surface area contributed by atoms with Gasteiger partial charge >= 0.3 is 5.97 Å². The van der Waals surface area contributed by atoms with E-state index >= 15 is 0 Å². The Labute approximate surface area is 136 Å². The standard InChI is InChI=1S/C16H14BrN3O2/c1-9-12(10(2)20(3)19-9)8-14-16(21)22-15(18-14)11-6-4-5-7-13(11)17/h4-8H,1-3H3. The van der Waals surface area contributed by atoms with E-state index < -0.39 is 5.97 Å². The SMILES string of the molecule is Cc1nn(C)c(C)c1C=C1N=C(c2ccccc2Br)OC1=O. The number of aryl methyl sites for hydroxylation is 2. The van der Waals surface area contributed by atoms with Gasteiger partial charge in [-0.3, -0.25) is 4.68 Å². The molecule has 6 heteroatoms. The average molecular weight is 360 g/mol. The monoisotopic (exact) mass is 359 g/mol. The van der Waals surface area contributed by atoms with Crippen LogP contribution in [-0.4, -0.2) is 21.6 Å². The summed E-state index contributed by atoms with van der Waals surface area (Å²) < 4.78 is 7.89. The third-order valence-electron chi connectivity index (χ3n) is 3.57. The highest BCUT2D eigenvalue weighted by Crippen LogP contribution is 2.25. The van der Waals surface area contributed by atoms with E-state index in [4.69, 9.17) is 4.74 Å². The molecule has 2 heterocycles. The first-order valence-electron chi connectivity index (χ1n) is 6.75. The zero-order valence-electron chi connectivity index (χ0n) is 12.4. The highest BCUT2D eigenvalue weighted by Gasteiger charge is 2.26. The molecule has 0 spiro atoms. The second kappa shape index (κ2) is 5.53. The number of nitrogens with zero attached hydrogens (tertiary/aromatic N) is 3. The minimum Gasteiger partial charge on any atom is -0.402 e. The Morgan fingerprint density at radius 1 is 1.27 bits per heavy atom. The summed E-state index contributed by atoms with van der Waals surface area (Å²) in [5.41, 5.74) is 3.75. The van der Waals surface area contributed by atoms with Gasteiger partial charge in [-0.15, -0.1) is 0 Å². The molecule has 0 radical (unpaired) electrons. The fraction of sp³-hybridized carbons (Fsp3) is 0.188. The number of rotatable bonds is 2. The lowest BCUT2D eigenvalue weighted by molar-refractivity contribution is -0.129. The number of aliphatic imine (C=N–C) groups is 1. The number of hydrogen-bond donors (Lipinski definition) is 0. The van der Waals surface area contributed by atoms with Gasteiger partial charge in [0.15, 0.2) is 5.70 Å². The molecule has 0 unspecified atom stereocenters. The molecule has 3 rings (SSSR count). The zero-order chi connectivity index (χ0) is 15.9. The molecule has 1 aromatic carbocycles. The molecule has 1 aliphatic heterocycles. The Morgan fingerprint density at radius 3 is 2.64 bits per heavy atom. The van der Waals surface area contributed by atoms with Crippen molar-refractivity contribution in [2.45, 2.75) is 13.8 Å². The van der Waals surface area contributed by atoms with Crippen LogP contribution in [0.25, 0.3) is 6.08 Å². The summed E-state index contributed by atoms with van der Waals surface area (Å²) in [6, 6.07) is 7.49. The molecule has 2 aromatic rings. The minimum atomic E-state index is -0.451. The maximum absolute atomic E-state index is 12.1. The predicted molar refractivity (Wildman–Crippen MR) is 87.4 cm³/mol. The van der Waals surface area contributed by atoms with Gasteiger partial charge in [0.1, 0.15) is 0 Å². The molecule has 0 aliphatic carbocycles. The summed E-state index contributed by atoms with van der Waals surface area (Å²) in [4.78, 5) is 16.4. The number of aromatic nitrogens is 2. The summed E-state index contributed by atoms with van der Waals surface area (Å²) in [6.45, 7) is 3.85. The first-order chi connectivity index (χ1) is 10.5. The molecule has 5 nitrogen and oxygen atoms in total. The van der Waals surface area contributed by atoms with Crippen LogP contribution in [0.3, 0.4) is 0 Å². The molecule has 0 amide bonds. The Bertz CT molecular complexity index is 834. The molecule has 1 aromatic heterocycles. The van der Waals surface area contributed by atoms with Crippen molar-refractivity contribution in [1.29, 1.82) is 0 Å². The molecule has 0 N–H and O–H groups in total. The van der Waals surface area contributed by atoms with Gasteiger partial charge in [-0.05, 0) is 48.0 Å². The van der Waals surface area contributed by atoms with Crippen LogP contribution in [0.15, 0.2) is 39.4 Å². The fourth-order valence-electron chi connectivity index (χ4n) is 2.29. The molecule has 0 fully saturated rings. The maximum Gasteiger partial charge on any atom is 0.363 e. The maximum atomic E-state index is 12.1. The minimum absolute atomic E-state index is 0.282. The molecule has 0 atom stereocenters. The normalized spacial score (nSPS) is 16.1. The van der Waals surface area contributed by atoms with Gasteiger partial charge in [-0.1, -0.05) is 12.1 Å². The Hall–Kier alpha value is -2.21. The Kier molecular flexibility index (Phi) is 3.70. The first-order valence-corrected chi connectivity index (χ1v) is 7.54. The van der Waals surface area contributed by atoms with E-state index in [1.54, 1.807) is 10.8 Å². The zero-order valence-corrected chi connectivity index (χ0v) is 14.0. The van der Waals surface area contributed by atoms with Crippen LogP contribution in [0, 0.1) is 13.8 Å². The number of hydrogen-bond acceptors (Lipinski definition) is 4. The topological polar surface area (TPSA) is 56.5 Å². The number of benzene rings is 1. The van der Waals surface area contributed by atoms with E-state index in [1.807, 2.05) is 45.2 Å². The lowest BCUT2D eigenvalue weighted by Gasteiger charge is -2.01. The number of ether oxygens (including phenoxy) is 1. The van der Waals surface area contributed by atoms with Crippen LogP contribution >= 0.6 is 15.9 Å². The van der Waals surface area contributed by atoms with Crippen LogP contribution in [0.1, 0.15) is 22.5 Å². The van der Waals surface area contributed by atoms with E-state index in [2.05, 4.69) is 26.0 Å². The van der Waals surface area contributed by atoms with Crippen molar-refractivity contribution in [3.63, 3.8) is 0 Å². The lowest BCUT2D eigenvalue weighted by Crippen LogP contribution is -2.05. The number of carbonyl (C=O) groups excluding carboxylic acids is 1. The number of esters is 1. The number of halogens is 1. The van der Waals surface area contributed by atoms with Crippen molar-refractivity contribution in [3.05, 3.63) is 56.9 Å². The van der Waals surface area contributed by atoms with Crippen LogP contribution in [0.5, 0.6) is 0 Å². The predicted octanol–water partition coefficient (Wildman–Crippen LogP) is 3.14. The molecular formula is C16H14BrN3O2. The third kappa shape index (κ3) is 2.50. The van der Waals surface area contributed by atoms with Crippen molar-refractivity contribution in [2.75, 3.05) is 0 Å². The molecule has 1 aliphatic rings. The van der Waals surface area contributed by atoms with Crippen molar-refractivity contribution >= 4 is 33.9 Å². The van der Waals surface area contributed by atoms with E-state index in [0.29, 0.717) is 5.90 Å².